The van der Waals surface area contributed by atoms with E-state index < -0.39 is 0 Å². The fourth-order valence-electron chi connectivity index (χ4n) is 2.62. The summed E-state index contributed by atoms with van der Waals surface area (Å²) < 4.78 is 6.77. The van der Waals surface area contributed by atoms with Crippen LogP contribution in [-0.2, 0) is 6.54 Å². The first-order chi connectivity index (χ1) is 12.6. The van der Waals surface area contributed by atoms with Crippen LogP contribution in [0.25, 0.3) is 0 Å². The SMILES string of the molecule is COc1ccccc1NC(=O)c1ccc(=O)n(Cc2ccc(C)cc2)c1. The summed E-state index contributed by atoms with van der Waals surface area (Å²) in [6.45, 7) is 2.42. The van der Waals surface area contributed by atoms with E-state index in [4.69, 9.17) is 4.74 Å². The molecule has 1 amide bonds. The highest BCUT2D eigenvalue weighted by Gasteiger charge is 2.11. The Morgan fingerprint density at radius 3 is 2.50 bits per heavy atom. The lowest BCUT2D eigenvalue weighted by Gasteiger charge is -2.11. The van der Waals surface area contributed by atoms with Gasteiger partial charge in [-0.15, -0.1) is 0 Å². The van der Waals surface area contributed by atoms with Gasteiger partial charge in [-0.1, -0.05) is 42.0 Å². The molecule has 1 heterocycles. The van der Waals surface area contributed by atoms with Crippen molar-refractivity contribution in [1.82, 2.24) is 4.57 Å². The number of rotatable bonds is 5. The summed E-state index contributed by atoms with van der Waals surface area (Å²) in [6.07, 6.45) is 1.58. The predicted molar refractivity (Wildman–Crippen MR) is 102 cm³/mol. The molecular weight excluding hydrogens is 328 g/mol. The monoisotopic (exact) mass is 348 g/mol. The largest absolute Gasteiger partial charge is 0.495 e. The van der Waals surface area contributed by atoms with E-state index in [1.165, 1.54) is 16.7 Å². The van der Waals surface area contributed by atoms with E-state index in [0.717, 1.165) is 11.1 Å². The lowest BCUT2D eigenvalue weighted by Crippen LogP contribution is -2.22. The number of amides is 1. The number of para-hydroxylation sites is 2. The van der Waals surface area contributed by atoms with E-state index in [0.29, 0.717) is 23.5 Å². The Morgan fingerprint density at radius 2 is 1.77 bits per heavy atom. The number of ether oxygens (including phenoxy) is 1. The zero-order chi connectivity index (χ0) is 18.5. The van der Waals surface area contributed by atoms with Gasteiger partial charge in [-0.3, -0.25) is 9.59 Å². The molecule has 0 aliphatic rings. The van der Waals surface area contributed by atoms with Crippen molar-refractivity contribution in [2.24, 2.45) is 0 Å². The maximum atomic E-state index is 12.6. The minimum absolute atomic E-state index is 0.153. The van der Waals surface area contributed by atoms with Crippen LogP contribution in [0, 0.1) is 6.92 Å². The molecule has 1 N–H and O–H groups in total. The minimum Gasteiger partial charge on any atom is -0.495 e. The summed E-state index contributed by atoms with van der Waals surface area (Å²) >= 11 is 0. The van der Waals surface area contributed by atoms with Crippen LogP contribution in [0.4, 0.5) is 5.69 Å². The van der Waals surface area contributed by atoms with E-state index in [2.05, 4.69) is 5.32 Å². The second-order valence-electron chi connectivity index (χ2n) is 6.02. The smallest absolute Gasteiger partial charge is 0.257 e. The fourth-order valence-corrected chi connectivity index (χ4v) is 2.62. The Kier molecular flexibility index (Phi) is 5.17. The van der Waals surface area contributed by atoms with Crippen LogP contribution in [0.3, 0.4) is 0 Å². The van der Waals surface area contributed by atoms with Crippen molar-refractivity contribution >= 4 is 11.6 Å². The molecule has 0 radical (unpaired) electrons. The number of nitrogens with one attached hydrogen (secondary N) is 1. The highest BCUT2D eigenvalue weighted by molar-refractivity contribution is 6.04. The van der Waals surface area contributed by atoms with Crippen molar-refractivity contribution in [1.29, 1.82) is 0 Å². The summed E-state index contributed by atoms with van der Waals surface area (Å²) in [5.41, 5.74) is 2.99. The van der Waals surface area contributed by atoms with Crippen molar-refractivity contribution in [2.45, 2.75) is 13.5 Å². The molecule has 0 saturated heterocycles. The molecule has 1 aromatic heterocycles. The molecule has 0 saturated carbocycles. The van der Waals surface area contributed by atoms with Gasteiger partial charge in [-0.25, -0.2) is 0 Å². The van der Waals surface area contributed by atoms with Gasteiger partial charge in [0, 0.05) is 12.3 Å². The van der Waals surface area contributed by atoms with Crippen molar-refractivity contribution < 1.29 is 9.53 Å². The molecule has 3 aromatic rings. The third kappa shape index (κ3) is 4.00. The lowest BCUT2D eigenvalue weighted by atomic mass is 10.1. The summed E-state index contributed by atoms with van der Waals surface area (Å²) in [5.74, 6) is 0.279. The van der Waals surface area contributed by atoms with Crippen LogP contribution in [0.1, 0.15) is 21.5 Å². The van der Waals surface area contributed by atoms with Gasteiger partial charge in [0.1, 0.15) is 5.75 Å². The second-order valence-corrected chi connectivity index (χ2v) is 6.02. The number of anilines is 1. The average Bonchev–Trinajstić information content (AvgIpc) is 2.65. The van der Waals surface area contributed by atoms with E-state index in [9.17, 15) is 9.59 Å². The number of pyridine rings is 1. The fraction of sp³-hybridized carbons (Fsp3) is 0.143. The number of aromatic nitrogens is 1. The number of hydrogen-bond acceptors (Lipinski definition) is 3. The molecular formula is C21H20N2O3. The topological polar surface area (TPSA) is 60.3 Å². The maximum Gasteiger partial charge on any atom is 0.257 e. The molecule has 0 spiro atoms. The van der Waals surface area contributed by atoms with Gasteiger partial charge in [-0.2, -0.15) is 0 Å². The first-order valence-corrected chi connectivity index (χ1v) is 8.27. The number of nitrogens with zero attached hydrogens (tertiary/aromatic N) is 1. The quantitative estimate of drug-likeness (QED) is 0.768. The molecule has 3 rings (SSSR count). The summed E-state index contributed by atoms with van der Waals surface area (Å²) in [7, 11) is 1.55. The molecule has 0 aliphatic carbocycles. The predicted octanol–water partition coefficient (Wildman–Crippen LogP) is 3.47. The molecule has 0 unspecified atom stereocenters. The van der Waals surface area contributed by atoms with E-state index >= 15 is 0 Å². The van der Waals surface area contributed by atoms with Crippen molar-refractivity contribution in [3.63, 3.8) is 0 Å². The highest BCUT2D eigenvalue weighted by atomic mass is 16.5. The Hall–Kier alpha value is -3.34. The van der Waals surface area contributed by atoms with Gasteiger partial charge >= 0.3 is 0 Å². The van der Waals surface area contributed by atoms with Crippen LogP contribution in [0.2, 0.25) is 0 Å². The Morgan fingerprint density at radius 1 is 1.04 bits per heavy atom. The lowest BCUT2D eigenvalue weighted by molar-refractivity contribution is 0.102. The Balaban J connectivity index is 1.83. The first kappa shape index (κ1) is 17.5. The van der Waals surface area contributed by atoms with Gasteiger partial charge < -0.3 is 14.6 Å². The number of carbonyl (C=O) groups excluding carboxylic acids is 1. The summed E-state index contributed by atoms with van der Waals surface area (Å²) in [6, 6.07) is 18.1. The normalized spacial score (nSPS) is 10.4. The first-order valence-electron chi connectivity index (χ1n) is 8.27. The summed E-state index contributed by atoms with van der Waals surface area (Å²) in [5, 5.41) is 2.82. The van der Waals surface area contributed by atoms with Crippen molar-refractivity contribution in [3.8, 4) is 5.75 Å². The third-order valence-electron chi connectivity index (χ3n) is 4.07. The molecule has 0 aliphatic heterocycles. The highest BCUT2D eigenvalue weighted by Crippen LogP contribution is 2.23. The van der Waals surface area contributed by atoms with Gasteiger partial charge in [0.15, 0.2) is 0 Å². The van der Waals surface area contributed by atoms with E-state index in [1.807, 2.05) is 43.3 Å². The molecule has 26 heavy (non-hydrogen) atoms. The number of aryl methyl sites for hydroxylation is 1. The Labute approximate surface area is 151 Å². The number of benzene rings is 2. The van der Waals surface area contributed by atoms with Gasteiger partial charge in [0.2, 0.25) is 0 Å². The van der Waals surface area contributed by atoms with E-state index in [-0.39, 0.29) is 11.5 Å². The summed E-state index contributed by atoms with van der Waals surface area (Å²) in [4.78, 5) is 24.7. The van der Waals surface area contributed by atoms with Crippen LogP contribution < -0.4 is 15.6 Å². The Bertz CT molecular complexity index is 975. The molecule has 0 fully saturated rings. The van der Waals surface area contributed by atoms with Crippen molar-refractivity contribution in [3.05, 3.63) is 93.9 Å². The average molecular weight is 348 g/mol. The number of hydrogen-bond donors (Lipinski definition) is 1. The zero-order valence-corrected chi connectivity index (χ0v) is 14.7. The van der Waals surface area contributed by atoms with Crippen LogP contribution >= 0.6 is 0 Å². The molecule has 132 valence electrons. The van der Waals surface area contributed by atoms with Gasteiger partial charge in [0.25, 0.3) is 11.5 Å². The van der Waals surface area contributed by atoms with Crippen LogP contribution in [-0.4, -0.2) is 17.6 Å². The molecule has 0 bridgehead atoms. The van der Waals surface area contributed by atoms with Crippen LogP contribution in [0.15, 0.2) is 71.7 Å². The number of carbonyl (C=O) groups is 1. The second kappa shape index (κ2) is 7.70. The molecule has 5 heteroatoms. The van der Waals surface area contributed by atoms with Crippen LogP contribution in [0.5, 0.6) is 5.75 Å². The molecule has 2 aromatic carbocycles. The molecule has 0 atom stereocenters. The number of methoxy groups -OCH3 is 1. The van der Waals surface area contributed by atoms with Gasteiger partial charge in [-0.05, 0) is 30.7 Å². The van der Waals surface area contributed by atoms with E-state index in [1.54, 1.807) is 25.4 Å². The maximum absolute atomic E-state index is 12.6. The standard InChI is InChI=1S/C21H20N2O3/c1-15-7-9-16(10-8-15)13-23-14-17(11-12-20(23)24)21(25)22-18-5-3-4-6-19(18)26-2/h3-12,14H,13H2,1-2H3,(H,22,25). The van der Waals surface area contributed by atoms with Gasteiger partial charge in [0.05, 0.1) is 24.9 Å². The third-order valence-corrected chi connectivity index (χ3v) is 4.07. The van der Waals surface area contributed by atoms with Crippen molar-refractivity contribution in [2.75, 3.05) is 12.4 Å². The zero-order valence-electron chi connectivity index (χ0n) is 14.7. The molecule has 5 nitrogen and oxygen atoms in total. The minimum atomic E-state index is -0.299.